The van der Waals surface area contributed by atoms with Crippen molar-refractivity contribution >= 4 is 5.91 Å². The number of carbonyl (C=O) groups excluding carboxylic acids is 1. The summed E-state index contributed by atoms with van der Waals surface area (Å²) in [5, 5.41) is 6.23. The lowest BCUT2D eigenvalue weighted by atomic mass is 10.0. The number of rotatable bonds is 5. The van der Waals surface area contributed by atoms with Crippen molar-refractivity contribution < 1.29 is 4.79 Å². The number of aryl methyl sites for hydroxylation is 1. The van der Waals surface area contributed by atoms with Crippen LogP contribution < -0.4 is 10.6 Å². The van der Waals surface area contributed by atoms with E-state index in [1.165, 1.54) is 24.0 Å². The molecule has 1 aliphatic carbocycles. The molecule has 0 aromatic heterocycles. The minimum Gasteiger partial charge on any atom is -0.348 e. The van der Waals surface area contributed by atoms with Crippen LogP contribution in [0.15, 0.2) is 24.3 Å². The van der Waals surface area contributed by atoms with Gasteiger partial charge in [-0.1, -0.05) is 24.3 Å². The van der Waals surface area contributed by atoms with Crippen LogP contribution in [0.3, 0.4) is 0 Å². The average molecular weight is 232 g/mol. The largest absolute Gasteiger partial charge is 0.348 e. The molecule has 1 aromatic carbocycles. The van der Waals surface area contributed by atoms with Crippen molar-refractivity contribution in [2.24, 2.45) is 0 Å². The molecule has 0 aliphatic heterocycles. The monoisotopic (exact) mass is 232 g/mol. The van der Waals surface area contributed by atoms with Crippen molar-refractivity contribution in [2.75, 3.05) is 6.54 Å². The van der Waals surface area contributed by atoms with Gasteiger partial charge in [-0.15, -0.1) is 0 Å². The summed E-state index contributed by atoms with van der Waals surface area (Å²) in [6.07, 6.45) is 2.42. The molecule has 0 radical (unpaired) electrons. The zero-order valence-electron chi connectivity index (χ0n) is 10.5. The van der Waals surface area contributed by atoms with E-state index in [-0.39, 0.29) is 11.9 Å². The molecule has 1 aromatic rings. The van der Waals surface area contributed by atoms with E-state index in [0.29, 0.717) is 12.6 Å². The highest BCUT2D eigenvalue weighted by Gasteiger charge is 2.21. The molecular formula is C14H20N2O. The van der Waals surface area contributed by atoms with Crippen LogP contribution >= 0.6 is 0 Å². The van der Waals surface area contributed by atoms with Crippen molar-refractivity contribution in [1.82, 2.24) is 10.6 Å². The molecule has 92 valence electrons. The molecule has 2 rings (SSSR count). The first kappa shape index (κ1) is 12.1. The summed E-state index contributed by atoms with van der Waals surface area (Å²) < 4.78 is 0. The fourth-order valence-corrected chi connectivity index (χ4v) is 1.97. The van der Waals surface area contributed by atoms with Gasteiger partial charge in [0, 0.05) is 6.04 Å². The average Bonchev–Trinajstić information content (AvgIpc) is 3.10. The Morgan fingerprint density at radius 2 is 2.12 bits per heavy atom. The molecule has 3 heteroatoms. The van der Waals surface area contributed by atoms with Gasteiger partial charge >= 0.3 is 0 Å². The van der Waals surface area contributed by atoms with Crippen LogP contribution in [0.1, 0.15) is 36.9 Å². The van der Waals surface area contributed by atoms with E-state index in [4.69, 9.17) is 0 Å². The quantitative estimate of drug-likeness (QED) is 0.814. The fraction of sp³-hybridized carbons (Fsp3) is 0.500. The normalized spacial score (nSPS) is 16.6. The molecule has 17 heavy (non-hydrogen) atoms. The van der Waals surface area contributed by atoms with Gasteiger partial charge in [0.15, 0.2) is 0 Å². The Hall–Kier alpha value is -1.35. The summed E-state index contributed by atoms with van der Waals surface area (Å²) in [5.74, 6) is 0.0765. The van der Waals surface area contributed by atoms with Crippen LogP contribution in [0.4, 0.5) is 0 Å². The van der Waals surface area contributed by atoms with Gasteiger partial charge in [-0.2, -0.15) is 0 Å². The second-order valence-corrected chi connectivity index (χ2v) is 4.80. The number of nitrogens with one attached hydrogen (secondary N) is 2. The van der Waals surface area contributed by atoms with Crippen molar-refractivity contribution in [2.45, 2.75) is 38.8 Å². The predicted molar refractivity (Wildman–Crippen MR) is 68.8 cm³/mol. The molecule has 1 atom stereocenters. The molecule has 1 amide bonds. The first-order valence-electron chi connectivity index (χ1n) is 6.25. The Balaban J connectivity index is 1.85. The minimum atomic E-state index is 0.0738. The Morgan fingerprint density at radius 3 is 2.76 bits per heavy atom. The van der Waals surface area contributed by atoms with Gasteiger partial charge in [-0.25, -0.2) is 0 Å². The first-order valence-corrected chi connectivity index (χ1v) is 6.25. The van der Waals surface area contributed by atoms with Crippen LogP contribution in [0.25, 0.3) is 0 Å². The van der Waals surface area contributed by atoms with Crippen LogP contribution in [-0.2, 0) is 4.79 Å². The summed E-state index contributed by atoms with van der Waals surface area (Å²) in [4.78, 5) is 11.7. The third-order valence-electron chi connectivity index (χ3n) is 3.16. The molecule has 2 N–H and O–H groups in total. The summed E-state index contributed by atoms with van der Waals surface area (Å²) in [6.45, 7) is 4.53. The van der Waals surface area contributed by atoms with Crippen molar-refractivity contribution in [3.8, 4) is 0 Å². The lowest BCUT2D eigenvalue weighted by Gasteiger charge is -2.16. The van der Waals surface area contributed by atoms with Crippen molar-refractivity contribution in [3.63, 3.8) is 0 Å². The van der Waals surface area contributed by atoms with E-state index in [1.54, 1.807) is 0 Å². The number of carbonyl (C=O) groups is 1. The standard InChI is InChI=1S/C14H20N2O/c1-10-5-3-4-6-13(10)11(2)16-14(17)9-15-12-7-8-12/h3-6,11-12,15H,7-9H2,1-2H3,(H,16,17). The third-order valence-corrected chi connectivity index (χ3v) is 3.16. The summed E-state index contributed by atoms with van der Waals surface area (Å²) in [5.41, 5.74) is 2.41. The molecule has 1 fully saturated rings. The molecule has 3 nitrogen and oxygen atoms in total. The molecule has 0 saturated heterocycles. The van der Waals surface area contributed by atoms with Crippen LogP contribution in [0, 0.1) is 6.92 Å². The number of hydrogen-bond acceptors (Lipinski definition) is 2. The highest BCUT2D eigenvalue weighted by Crippen LogP contribution is 2.18. The maximum atomic E-state index is 11.7. The molecule has 1 unspecified atom stereocenters. The van der Waals surface area contributed by atoms with E-state index < -0.39 is 0 Å². The zero-order valence-corrected chi connectivity index (χ0v) is 10.5. The highest BCUT2D eigenvalue weighted by molar-refractivity contribution is 5.78. The number of amides is 1. The van der Waals surface area contributed by atoms with E-state index in [2.05, 4.69) is 29.7 Å². The smallest absolute Gasteiger partial charge is 0.234 e. The van der Waals surface area contributed by atoms with Crippen LogP contribution in [0.2, 0.25) is 0 Å². The van der Waals surface area contributed by atoms with Gasteiger partial charge in [-0.05, 0) is 37.8 Å². The van der Waals surface area contributed by atoms with Gasteiger partial charge in [-0.3, -0.25) is 4.79 Å². The summed E-state index contributed by atoms with van der Waals surface area (Å²) >= 11 is 0. The molecule has 1 saturated carbocycles. The lowest BCUT2D eigenvalue weighted by Crippen LogP contribution is -2.36. The maximum absolute atomic E-state index is 11.7. The third kappa shape index (κ3) is 3.56. The van der Waals surface area contributed by atoms with Gasteiger partial charge < -0.3 is 10.6 Å². The van der Waals surface area contributed by atoms with E-state index in [0.717, 1.165) is 0 Å². The lowest BCUT2D eigenvalue weighted by molar-refractivity contribution is -0.120. The Morgan fingerprint density at radius 1 is 1.41 bits per heavy atom. The zero-order chi connectivity index (χ0) is 12.3. The molecule has 1 aliphatic rings. The number of benzene rings is 1. The van der Waals surface area contributed by atoms with Gasteiger partial charge in [0.2, 0.25) is 5.91 Å². The van der Waals surface area contributed by atoms with Gasteiger partial charge in [0.25, 0.3) is 0 Å². The van der Waals surface area contributed by atoms with Crippen molar-refractivity contribution in [1.29, 1.82) is 0 Å². The van der Waals surface area contributed by atoms with Gasteiger partial charge in [0.1, 0.15) is 0 Å². The van der Waals surface area contributed by atoms with Crippen LogP contribution in [-0.4, -0.2) is 18.5 Å². The second-order valence-electron chi connectivity index (χ2n) is 4.80. The molecule has 0 bridgehead atoms. The Labute approximate surface area is 103 Å². The van der Waals surface area contributed by atoms with Gasteiger partial charge in [0.05, 0.1) is 12.6 Å². The minimum absolute atomic E-state index is 0.0738. The van der Waals surface area contributed by atoms with E-state index in [9.17, 15) is 4.79 Å². The van der Waals surface area contributed by atoms with E-state index >= 15 is 0 Å². The predicted octanol–water partition coefficient (Wildman–Crippen LogP) is 1.92. The topological polar surface area (TPSA) is 41.1 Å². The fourth-order valence-electron chi connectivity index (χ4n) is 1.97. The summed E-state index contributed by atoms with van der Waals surface area (Å²) in [6, 6.07) is 8.81. The summed E-state index contributed by atoms with van der Waals surface area (Å²) in [7, 11) is 0. The maximum Gasteiger partial charge on any atom is 0.234 e. The second kappa shape index (κ2) is 5.32. The molecule has 0 spiro atoms. The number of hydrogen-bond donors (Lipinski definition) is 2. The Kier molecular flexibility index (Phi) is 3.79. The van der Waals surface area contributed by atoms with E-state index in [1.807, 2.05) is 19.1 Å². The van der Waals surface area contributed by atoms with Crippen LogP contribution in [0.5, 0.6) is 0 Å². The SMILES string of the molecule is Cc1ccccc1C(C)NC(=O)CNC1CC1. The van der Waals surface area contributed by atoms with Crippen molar-refractivity contribution in [3.05, 3.63) is 35.4 Å². The first-order chi connectivity index (χ1) is 8.16. The highest BCUT2D eigenvalue weighted by atomic mass is 16.1. The Bertz CT molecular complexity index is 399. The molecular weight excluding hydrogens is 212 g/mol. The molecule has 0 heterocycles.